The van der Waals surface area contributed by atoms with Crippen LogP contribution in [0, 0.1) is 0 Å². The molecule has 1 atom stereocenters. The van der Waals surface area contributed by atoms with E-state index < -0.39 is 11.5 Å². The van der Waals surface area contributed by atoms with Crippen LogP contribution in [-0.2, 0) is 27.3 Å². The van der Waals surface area contributed by atoms with E-state index in [-0.39, 0.29) is 30.7 Å². The number of amides is 1. The molecule has 5 rings (SSSR count). The third-order valence-corrected chi connectivity index (χ3v) is 6.21. The Morgan fingerprint density at radius 2 is 1.97 bits per heavy atom. The first-order valence-corrected chi connectivity index (χ1v) is 10.9. The summed E-state index contributed by atoms with van der Waals surface area (Å²) in [5, 5.41) is 0.734. The van der Waals surface area contributed by atoms with E-state index in [4.69, 9.17) is 9.15 Å². The van der Waals surface area contributed by atoms with Crippen LogP contribution < -0.4 is 5.56 Å². The summed E-state index contributed by atoms with van der Waals surface area (Å²) in [6, 6.07) is 15.3. The van der Waals surface area contributed by atoms with Crippen LogP contribution in [0.5, 0.6) is 0 Å². The minimum absolute atomic E-state index is 0.0385. The van der Waals surface area contributed by atoms with E-state index in [1.54, 1.807) is 24.1 Å². The topological polar surface area (TPSA) is 94.6 Å². The Morgan fingerprint density at radius 1 is 1.18 bits per heavy atom. The summed E-state index contributed by atoms with van der Waals surface area (Å²) in [4.78, 5) is 43.7. The van der Waals surface area contributed by atoms with Gasteiger partial charge in [0, 0.05) is 12.4 Å². The number of rotatable bonds is 5. The second kappa shape index (κ2) is 8.54. The molecule has 0 saturated heterocycles. The van der Waals surface area contributed by atoms with Gasteiger partial charge in [-0.2, -0.15) is 0 Å². The maximum Gasteiger partial charge on any atom is 0.326 e. The summed E-state index contributed by atoms with van der Waals surface area (Å²) < 4.78 is 11.9. The number of nitrogens with zero attached hydrogens (tertiary/aromatic N) is 3. The van der Waals surface area contributed by atoms with Gasteiger partial charge in [0.25, 0.3) is 11.5 Å². The molecule has 0 spiro atoms. The number of esters is 1. The third-order valence-electron chi connectivity index (χ3n) is 6.21. The molecule has 0 N–H and O–H groups in total. The number of carbonyl (C=O) groups is 2. The van der Waals surface area contributed by atoms with E-state index in [9.17, 15) is 14.4 Å². The Hall–Kier alpha value is -3.94. The van der Waals surface area contributed by atoms with Crippen LogP contribution in [0.15, 0.2) is 64.1 Å². The molecule has 2 aromatic heterocycles. The number of fused-ring (bicyclic) bond motifs is 4. The van der Waals surface area contributed by atoms with Crippen molar-refractivity contribution >= 4 is 33.9 Å². The molecule has 1 amide bonds. The lowest BCUT2D eigenvalue weighted by Gasteiger charge is -2.33. The Balaban J connectivity index is 1.25. The molecule has 0 saturated carbocycles. The smallest absolute Gasteiger partial charge is 0.326 e. The van der Waals surface area contributed by atoms with Crippen LogP contribution in [0.3, 0.4) is 0 Å². The SMILES string of the molecule is CN(C(=O)COC(=O)Cn1cnc2c(oc3ccccc32)c1=O)C1CCCc2ccccc21. The summed E-state index contributed by atoms with van der Waals surface area (Å²) in [6.45, 7) is -0.745. The van der Waals surface area contributed by atoms with Gasteiger partial charge in [0.2, 0.25) is 5.58 Å². The minimum Gasteiger partial charge on any atom is -0.454 e. The molecule has 0 aliphatic heterocycles. The van der Waals surface area contributed by atoms with Crippen LogP contribution in [-0.4, -0.2) is 40.0 Å². The highest BCUT2D eigenvalue weighted by molar-refractivity contribution is 6.01. The highest BCUT2D eigenvalue weighted by Gasteiger charge is 2.27. The van der Waals surface area contributed by atoms with Crippen molar-refractivity contribution in [3.8, 4) is 0 Å². The summed E-state index contributed by atoms with van der Waals surface area (Å²) in [5.41, 5.74) is 3.00. The summed E-state index contributed by atoms with van der Waals surface area (Å²) in [6.07, 6.45) is 4.16. The number of hydrogen-bond donors (Lipinski definition) is 0. The van der Waals surface area contributed by atoms with Crippen LogP contribution >= 0.6 is 0 Å². The second-order valence-electron chi connectivity index (χ2n) is 8.23. The van der Waals surface area contributed by atoms with E-state index in [1.165, 1.54) is 11.9 Å². The molecule has 8 nitrogen and oxygen atoms in total. The number of hydrogen-bond acceptors (Lipinski definition) is 6. The number of para-hydroxylation sites is 1. The van der Waals surface area contributed by atoms with Crippen molar-refractivity contribution in [1.29, 1.82) is 0 Å². The molecule has 2 heterocycles. The van der Waals surface area contributed by atoms with Gasteiger partial charge in [0.05, 0.1) is 12.4 Å². The Labute approximate surface area is 189 Å². The number of aryl methyl sites for hydroxylation is 1. The first-order chi connectivity index (χ1) is 16.0. The van der Waals surface area contributed by atoms with Crippen LogP contribution in [0.4, 0.5) is 0 Å². The standard InChI is InChI=1S/C25H23N3O5/c1-27(19-11-6-8-16-7-2-3-9-17(16)19)21(29)14-32-22(30)13-28-15-26-23-18-10-4-5-12-20(18)33-24(23)25(28)31/h2-5,7,9-10,12,15,19H,6,8,11,13-14H2,1H3. The minimum atomic E-state index is -0.694. The highest BCUT2D eigenvalue weighted by atomic mass is 16.5. The molecular weight excluding hydrogens is 422 g/mol. The van der Waals surface area contributed by atoms with Crippen molar-refractivity contribution in [2.45, 2.75) is 31.8 Å². The molecule has 2 aromatic carbocycles. The molecule has 1 unspecified atom stereocenters. The summed E-state index contributed by atoms with van der Waals surface area (Å²) in [7, 11) is 1.73. The Morgan fingerprint density at radius 3 is 2.85 bits per heavy atom. The van der Waals surface area contributed by atoms with Gasteiger partial charge in [-0.05, 0) is 42.5 Å². The van der Waals surface area contributed by atoms with Crippen molar-refractivity contribution in [3.63, 3.8) is 0 Å². The molecule has 0 fully saturated rings. The van der Waals surface area contributed by atoms with Crippen LogP contribution in [0.25, 0.3) is 22.1 Å². The van der Waals surface area contributed by atoms with Crippen LogP contribution in [0.2, 0.25) is 0 Å². The molecule has 0 radical (unpaired) electrons. The predicted molar refractivity (Wildman–Crippen MR) is 122 cm³/mol. The largest absolute Gasteiger partial charge is 0.454 e. The maximum absolute atomic E-state index is 12.7. The van der Waals surface area contributed by atoms with E-state index in [1.807, 2.05) is 30.3 Å². The monoisotopic (exact) mass is 445 g/mol. The van der Waals surface area contributed by atoms with Crippen molar-refractivity contribution < 1.29 is 18.7 Å². The normalized spacial score (nSPS) is 15.4. The van der Waals surface area contributed by atoms with Gasteiger partial charge in [0.1, 0.15) is 17.6 Å². The van der Waals surface area contributed by atoms with Gasteiger partial charge >= 0.3 is 5.97 Å². The van der Waals surface area contributed by atoms with Crippen molar-refractivity contribution in [2.24, 2.45) is 0 Å². The van der Waals surface area contributed by atoms with Gasteiger partial charge in [-0.3, -0.25) is 19.0 Å². The molecule has 1 aliphatic rings. The molecule has 33 heavy (non-hydrogen) atoms. The van der Waals surface area contributed by atoms with E-state index in [0.29, 0.717) is 11.1 Å². The fourth-order valence-corrected chi connectivity index (χ4v) is 4.46. The quantitative estimate of drug-likeness (QED) is 0.438. The average Bonchev–Trinajstić information content (AvgIpc) is 3.23. The molecule has 8 heteroatoms. The summed E-state index contributed by atoms with van der Waals surface area (Å²) in [5.74, 6) is -0.983. The fraction of sp³-hybridized carbons (Fsp3) is 0.280. The number of ether oxygens (including phenoxy) is 1. The first-order valence-electron chi connectivity index (χ1n) is 10.9. The van der Waals surface area contributed by atoms with E-state index >= 15 is 0 Å². The zero-order valence-corrected chi connectivity index (χ0v) is 18.2. The van der Waals surface area contributed by atoms with E-state index in [2.05, 4.69) is 11.1 Å². The van der Waals surface area contributed by atoms with Crippen molar-refractivity contribution in [2.75, 3.05) is 13.7 Å². The zero-order chi connectivity index (χ0) is 22.9. The second-order valence-corrected chi connectivity index (χ2v) is 8.23. The van der Waals surface area contributed by atoms with E-state index in [0.717, 1.165) is 34.8 Å². The lowest BCUT2D eigenvalue weighted by atomic mass is 9.87. The van der Waals surface area contributed by atoms with Crippen molar-refractivity contribution in [1.82, 2.24) is 14.5 Å². The van der Waals surface area contributed by atoms with Gasteiger partial charge in [-0.1, -0.05) is 36.4 Å². The number of aromatic nitrogens is 2. The van der Waals surface area contributed by atoms with Gasteiger partial charge in [0.15, 0.2) is 6.61 Å². The van der Waals surface area contributed by atoms with Crippen LogP contribution in [0.1, 0.15) is 30.0 Å². The number of furan rings is 1. The van der Waals surface area contributed by atoms with Crippen molar-refractivity contribution in [3.05, 3.63) is 76.3 Å². The number of benzene rings is 2. The lowest BCUT2D eigenvalue weighted by Crippen LogP contribution is -2.36. The number of likely N-dealkylation sites (N-methyl/N-ethyl adjacent to an activating group) is 1. The predicted octanol–water partition coefficient (Wildman–Crippen LogP) is 3.22. The molecule has 4 aromatic rings. The molecule has 168 valence electrons. The maximum atomic E-state index is 12.7. The fourth-order valence-electron chi connectivity index (χ4n) is 4.46. The molecular formula is C25H23N3O5. The lowest BCUT2D eigenvalue weighted by molar-refractivity contribution is -0.153. The Kier molecular flexibility index (Phi) is 5.42. The highest BCUT2D eigenvalue weighted by Crippen LogP contribution is 2.33. The Bertz CT molecular complexity index is 1420. The first kappa shape index (κ1) is 20.9. The van der Waals surface area contributed by atoms with Gasteiger partial charge in [-0.25, -0.2) is 4.98 Å². The average molecular weight is 445 g/mol. The number of carbonyl (C=O) groups excluding carboxylic acids is 2. The van der Waals surface area contributed by atoms with Gasteiger partial charge in [-0.15, -0.1) is 0 Å². The summed E-state index contributed by atoms with van der Waals surface area (Å²) >= 11 is 0. The van der Waals surface area contributed by atoms with Gasteiger partial charge < -0.3 is 14.1 Å². The molecule has 1 aliphatic carbocycles. The molecule has 0 bridgehead atoms. The third kappa shape index (κ3) is 3.88. The zero-order valence-electron chi connectivity index (χ0n) is 18.2.